The molecular formula is C15H24N2O3. The summed E-state index contributed by atoms with van der Waals surface area (Å²) in [5.41, 5.74) is 1.80. The van der Waals surface area contributed by atoms with E-state index in [-0.39, 0.29) is 0 Å². The largest absolute Gasteiger partial charge is 0.496 e. The lowest BCUT2D eigenvalue weighted by Crippen LogP contribution is -2.20. The number of hydrogen-bond acceptors (Lipinski definition) is 5. The van der Waals surface area contributed by atoms with Gasteiger partial charge in [0.15, 0.2) is 0 Å². The van der Waals surface area contributed by atoms with Crippen molar-refractivity contribution in [2.45, 2.75) is 18.9 Å². The fraction of sp³-hybridized carbons (Fsp3) is 0.600. The zero-order chi connectivity index (χ0) is 14.5. The van der Waals surface area contributed by atoms with E-state index in [0.29, 0.717) is 12.3 Å². The van der Waals surface area contributed by atoms with Crippen molar-refractivity contribution >= 4 is 5.69 Å². The number of likely N-dealkylation sites (N-methyl/N-ethyl adjacent to an activating group) is 1. The summed E-state index contributed by atoms with van der Waals surface area (Å²) in [6.45, 7) is 2.55. The van der Waals surface area contributed by atoms with Crippen molar-refractivity contribution < 1.29 is 14.6 Å². The lowest BCUT2D eigenvalue weighted by molar-refractivity contribution is 0.173. The first-order valence-corrected chi connectivity index (χ1v) is 7.04. The van der Waals surface area contributed by atoms with Gasteiger partial charge in [0, 0.05) is 31.3 Å². The standard InChI is InChI=1S/C15H24N2O3/c1-16-10-13(18)11-8-15(20-3)12(9-14(11)19-2)17-6-4-5-7-17/h8-9,13,16,18H,4-7,10H2,1-3H3. The molecule has 1 unspecified atom stereocenters. The number of nitrogens with zero attached hydrogens (tertiary/aromatic N) is 1. The lowest BCUT2D eigenvalue weighted by Gasteiger charge is -2.24. The maximum atomic E-state index is 10.2. The molecule has 20 heavy (non-hydrogen) atoms. The van der Waals surface area contributed by atoms with E-state index in [2.05, 4.69) is 10.2 Å². The SMILES string of the molecule is CNCC(O)c1cc(OC)c(N2CCCC2)cc1OC. The van der Waals surface area contributed by atoms with Gasteiger partial charge in [-0.15, -0.1) is 0 Å². The van der Waals surface area contributed by atoms with Gasteiger partial charge in [0.1, 0.15) is 11.5 Å². The number of benzene rings is 1. The summed E-state index contributed by atoms with van der Waals surface area (Å²) in [5.74, 6) is 1.49. The third-order valence-corrected chi connectivity index (χ3v) is 3.73. The highest BCUT2D eigenvalue weighted by Gasteiger charge is 2.22. The monoisotopic (exact) mass is 280 g/mol. The Morgan fingerprint density at radius 3 is 2.40 bits per heavy atom. The maximum Gasteiger partial charge on any atom is 0.142 e. The van der Waals surface area contributed by atoms with Crippen LogP contribution in [-0.4, -0.2) is 46.0 Å². The summed E-state index contributed by atoms with van der Waals surface area (Å²) in [5, 5.41) is 13.2. The molecule has 0 bridgehead atoms. The first-order valence-electron chi connectivity index (χ1n) is 7.04. The quantitative estimate of drug-likeness (QED) is 0.828. The predicted octanol–water partition coefficient (Wildman–Crippen LogP) is 1.56. The summed E-state index contributed by atoms with van der Waals surface area (Å²) in [4.78, 5) is 2.30. The molecule has 112 valence electrons. The Balaban J connectivity index is 2.39. The first kappa shape index (κ1) is 14.9. The molecule has 0 aromatic heterocycles. The Bertz CT molecular complexity index is 445. The Hall–Kier alpha value is -1.46. The highest BCUT2D eigenvalue weighted by Crippen LogP contribution is 2.39. The van der Waals surface area contributed by atoms with E-state index in [1.165, 1.54) is 12.8 Å². The van der Waals surface area contributed by atoms with Gasteiger partial charge in [0.25, 0.3) is 0 Å². The van der Waals surface area contributed by atoms with Crippen molar-refractivity contribution in [3.05, 3.63) is 17.7 Å². The number of rotatable bonds is 6. The van der Waals surface area contributed by atoms with Crippen molar-refractivity contribution in [3.63, 3.8) is 0 Å². The molecule has 0 radical (unpaired) electrons. The van der Waals surface area contributed by atoms with Crippen LogP contribution in [0.5, 0.6) is 11.5 Å². The second kappa shape index (κ2) is 6.81. The predicted molar refractivity (Wildman–Crippen MR) is 79.9 cm³/mol. The van der Waals surface area contributed by atoms with Crippen LogP contribution in [0.4, 0.5) is 5.69 Å². The highest BCUT2D eigenvalue weighted by atomic mass is 16.5. The number of hydrogen-bond donors (Lipinski definition) is 2. The van der Waals surface area contributed by atoms with Gasteiger partial charge in [-0.25, -0.2) is 0 Å². The molecule has 0 saturated carbocycles. The van der Waals surface area contributed by atoms with E-state index >= 15 is 0 Å². The number of aliphatic hydroxyl groups is 1. The minimum atomic E-state index is -0.614. The van der Waals surface area contributed by atoms with Crippen LogP contribution in [0.15, 0.2) is 12.1 Å². The minimum absolute atomic E-state index is 0.475. The number of anilines is 1. The normalized spacial score (nSPS) is 16.3. The maximum absolute atomic E-state index is 10.2. The van der Waals surface area contributed by atoms with Crippen LogP contribution in [0, 0.1) is 0 Å². The molecule has 1 atom stereocenters. The van der Waals surface area contributed by atoms with Crippen LogP contribution in [-0.2, 0) is 0 Å². The number of ether oxygens (including phenoxy) is 2. The first-order chi connectivity index (χ1) is 9.71. The Morgan fingerprint density at radius 2 is 1.85 bits per heavy atom. The van der Waals surface area contributed by atoms with Crippen LogP contribution >= 0.6 is 0 Å². The number of aliphatic hydroxyl groups excluding tert-OH is 1. The molecular weight excluding hydrogens is 256 g/mol. The molecule has 2 N–H and O–H groups in total. The van der Waals surface area contributed by atoms with Crippen molar-refractivity contribution in [1.82, 2.24) is 5.32 Å². The van der Waals surface area contributed by atoms with E-state index in [1.54, 1.807) is 14.2 Å². The average Bonchev–Trinajstić information content (AvgIpc) is 3.00. The molecule has 0 amide bonds. The van der Waals surface area contributed by atoms with Crippen LogP contribution in [0.1, 0.15) is 24.5 Å². The van der Waals surface area contributed by atoms with Crippen LogP contribution in [0.3, 0.4) is 0 Å². The van der Waals surface area contributed by atoms with Gasteiger partial charge >= 0.3 is 0 Å². The Kier molecular flexibility index (Phi) is 5.09. The molecule has 1 heterocycles. The van der Waals surface area contributed by atoms with Gasteiger partial charge in [-0.2, -0.15) is 0 Å². The van der Waals surface area contributed by atoms with Crippen molar-refractivity contribution in [1.29, 1.82) is 0 Å². The third kappa shape index (κ3) is 2.99. The zero-order valence-electron chi connectivity index (χ0n) is 12.5. The van der Waals surface area contributed by atoms with Crippen molar-refractivity contribution in [3.8, 4) is 11.5 Å². The Morgan fingerprint density at radius 1 is 1.20 bits per heavy atom. The summed E-state index contributed by atoms with van der Waals surface area (Å²) in [7, 11) is 5.10. The molecule has 1 saturated heterocycles. The van der Waals surface area contributed by atoms with Crippen LogP contribution < -0.4 is 19.7 Å². The summed E-state index contributed by atoms with van der Waals surface area (Å²) >= 11 is 0. The molecule has 1 fully saturated rings. The second-order valence-corrected chi connectivity index (χ2v) is 5.03. The molecule has 0 spiro atoms. The van der Waals surface area contributed by atoms with Gasteiger partial charge in [0.2, 0.25) is 0 Å². The second-order valence-electron chi connectivity index (χ2n) is 5.03. The molecule has 1 aliphatic rings. The van der Waals surface area contributed by atoms with E-state index < -0.39 is 6.10 Å². The lowest BCUT2D eigenvalue weighted by atomic mass is 10.1. The molecule has 2 rings (SSSR count). The van der Waals surface area contributed by atoms with Gasteiger partial charge < -0.3 is 24.8 Å². The molecule has 1 aromatic rings. The summed E-state index contributed by atoms with van der Waals surface area (Å²) < 4.78 is 10.9. The fourth-order valence-corrected chi connectivity index (χ4v) is 2.67. The molecule has 1 aromatic carbocycles. The fourth-order valence-electron chi connectivity index (χ4n) is 2.67. The van der Waals surface area contributed by atoms with E-state index in [0.717, 1.165) is 30.1 Å². The minimum Gasteiger partial charge on any atom is -0.496 e. The Labute approximate surface area is 120 Å². The van der Waals surface area contributed by atoms with Crippen LogP contribution in [0.2, 0.25) is 0 Å². The van der Waals surface area contributed by atoms with Crippen molar-refractivity contribution in [2.75, 3.05) is 45.8 Å². The summed E-state index contributed by atoms with van der Waals surface area (Å²) in [6.07, 6.45) is 1.79. The van der Waals surface area contributed by atoms with Gasteiger partial charge in [-0.05, 0) is 26.0 Å². The molecule has 5 nitrogen and oxygen atoms in total. The van der Waals surface area contributed by atoms with Gasteiger partial charge in [-0.1, -0.05) is 0 Å². The zero-order valence-corrected chi connectivity index (χ0v) is 12.5. The molecule has 5 heteroatoms. The number of methoxy groups -OCH3 is 2. The van der Waals surface area contributed by atoms with E-state index in [9.17, 15) is 5.11 Å². The topological polar surface area (TPSA) is 54.0 Å². The smallest absolute Gasteiger partial charge is 0.142 e. The average molecular weight is 280 g/mol. The molecule has 0 aliphatic carbocycles. The summed E-state index contributed by atoms with van der Waals surface area (Å²) in [6, 6.07) is 3.85. The highest BCUT2D eigenvalue weighted by molar-refractivity contribution is 5.64. The van der Waals surface area contributed by atoms with E-state index in [4.69, 9.17) is 9.47 Å². The van der Waals surface area contributed by atoms with Crippen LogP contribution in [0.25, 0.3) is 0 Å². The van der Waals surface area contributed by atoms with Crippen molar-refractivity contribution in [2.24, 2.45) is 0 Å². The molecule has 1 aliphatic heterocycles. The number of nitrogens with one attached hydrogen (secondary N) is 1. The third-order valence-electron chi connectivity index (χ3n) is 3.73. The van der Waals surface area contributed by atoms with Gasteiger partial charge in [0.05, 0.1) is 26.0 Å². The van der Waals surface area contributed by atoms with E-state index in [1.807, 2.05) is 19.2 Å². The van der Waals surface area contributed by atoms with Gasteiger partial charge in [-0.3, -0.25) is 0 Å².